The van der Waals surface area contributed by atoms with Crippen LogP contribution < -0.4 is 0 Å². The lowest BCUT2D eigenvalue weighted by atomic mass is 9.92. The van der Waals surface area contributed by atoms with Crippen LogP contribution in [0.5, 0.6) is 0 Å². The summed E-state index contributed by atoms with van der Waals surface area (Å²) in [6.45, 7) is 1.86. The molecule has 0 saturated heterocycles. The van der Waals surface area contributed by atoms with Gasteiger partial charge in [-0.1, -0.05) is 84.9 Å². The number of hydrogen-bond donors (Lipinski definition) is 1. The summed E-state index contributed by atoms with van der Waals surface area (Å²) in [6.07, 6.45) is 4.73. The maximum atomic E-state index is 10.6. The highest BCUT2D eigenvalue weighted by molar-refractivity contribution is 5.90. The van der Waals surface area contributed by atoms with Gasteiger partial charge in [0, 0.05) is 0 Å². The predicted molar refractivity (Wildman–Crippen MR) is 93.6 cm³/mol. The Bertz CT molecular complexity index is 780. The third-order valence-electron chi connectivity index (χ3n) is 4.03. The van der Waals surface area contributed by atoms with Gasteiger partial charge in [0.15, 0.2) is 0 Å². The van der Waals surface area contributed by atoms with Crippen molar-refractivity contribution in [3.63, 3.8) is 0 Å². The Kier molecular flexibility index (Phi) is 4.08. The molecule has 3 aromatic rings. The molecule has 3 aromatic carbocycles. The van der Waals surface area contributed by atoms with Crippen molar-refractivity contribution in [3.05, 3.63) is 90.0 Å². The third kappa shape index (κ3) is 3.10. The van der Waals surface area contributed by atoms with Gasteiger partial charge in [-0.2, -0.15) is 0 Å². The summed E-state index contributed by atoms with van der Waals surface area (Å²) in [6, 6.07) is 24.5. The first-order valence-corrected chi connectivity index (χ1v) is 7.59. The van der Waals surface area contributed by atoms with E-state index in [0.717, 1.165) is 5.56 Å². The van der Waals surface area contributed by atoms with Crippen molar-refractivity contribution >= 4 is 16.8 Å². The first-order chi connectivity index (χ1) is 10.7. The van der Waals surface area contributed by atoms with Crippen LogP contribution in [0.2, 0.25) is 0 Å². The van der Waals surface area contributed by atoms with Gasteiger partial charge in [-0.3, -0.25) is 0 Å². The zero-order valence-corrected chi connectivity index (χ0v) is 12.7. The second-order valence-electron chi connectivity index (χ2n) is 5.81. The van der Waals surface area contributed by atoms with Gasteiger partial charge in [0.05, 0.1) is 5.60 Å². The van der Waals surface area contributed by atoms with Gasteiger partial charge in [-0.15, -0.1) is 0 Å². The molecular formula is C21H20O. The molecule has 0 amide bonds. The first kappa shape index (κ1) is 14.6. The molecule has 1 heteroatoms. The van der Waals surface area contributed by atoms with Crippen LogP contribution in [-0.2, 0) is 5.60 Å². The van der Waals surface area contributed by atoms with Crippen molar-refractivity contribution in [2.75, 3.05) is 0 Å². The fourth-order valence-corrected chi connectivity index (χ4v) is 2.73. The predicted octanol–water partition coefficient (Wildman–Crippen LogP) is 5.15. The molecule has 0 aromatic heterocycles. The first-order valence-electron chi connectivity index (χ1n) is 7.59. The maximum Gasteiger partial charge on any atom is 0.0902 e. The zero-order chi connectivity index (χ0) is 15.4. The number of hydrogen-bond acceptors (Lipinski definition) is 1. The molecule has 1 unspecified atom stereocenters. The molecule has 110 valence electrons. The average molecular weight is 288 g/mol. The Hall–Kier alpha value is -2.38. The highest BCUT2D eigenvalue weighted by Crippen LogP contribution is 2.26. The summed E-state index contributed by atoms with van der Waals surface area (Å²) in [5, 5.41) is 13.1. The molecule has 3 rings (SSSR count). The van der Waals surface area contributed by atoms with Crippen molar-refractivity contribution in [1.29, 1.82) is 0 Å². The lowest BCUT2D eigenvalue weighted by Gasteiger charge is -2.22. The van der Waals surface area contributed by atoms with E-state index >= 15 is 0 Å². The van der Waals surface area contributed by atoms with E-state index in [1.807, 2.05) is 37.3 Å². The number of benzene rings is 3. The van der Waals surface area contributed by atoms with E-state index in [2.05, 4.69) is 54.6 Å². The Morgan fingerprint density at radius 2 is 1.55 bits per heavy atom. The fraction of sp³-hybridized carbons (Fsp3) is 0.143. The molecule has 0 fully saturated rings. The van der Waals surface area contributed by atoms with Crippen molar-refractivity contribution in [1.82, 2.24) is 0 Å². The summed E-state index contributed by atoms with van der Waals surface area (Å²) in [5.74, 6) is 0. The molecule has 0 bridgehead atoms. The van der Waals surface area contributed by atoms with Gasteiger partial charge < -0.3 is 5.11 Å². The zero-order valence-electron chi connectivity index (χ0n) is 12.7. The van der Waals surface area contributed by atoms with Crippen LogP contribution in [0.3, 0.4) is 0 Å². The molecule has 22 heavy (non-hydrogen) atoms. The van der Waals surface area contributed by atoms with Crippen LogP contribution in [0.4, 0.5) is 0 Å². The van der Waals surface area contributed by atoms with Gasteiger partial charge in [0.1, 0.15) is 0 Å². The quantitative estimate of drug-likeness (QED) is 0.704. The van der Waals surface area contributed by atoms with Crippen molar-refractivity contribution < 1.29 is 5.11 Å². The van der Waals surface area contributed by atoms with Gasteiger partial charge in [-0.25, -0.2) is 0 Å². The van der Waals surface area contributed by atoms with Crippen LogP contribution in [-0.4, -0.2) is 5.11 Å². The second kappa shape index (κ2) is 6.17. The molecule has 0 saturated carbocycles. The molecule has 1 N–H and O–H groups in total. The number of rotatable bonds is 4. The van der Waals surface area contributed by atoms with E-state index < -0.39 is 5.60 Å². The second-order valence-corrected chi connectivity index (χ2v) is 5.81. The number of fused-ring (bicyclic) bond motifs is 1. The van der Waals surface area contributed by atoms with E-state index in [9.17, 15) is 5.11 Å². The van der Waals surface area contributed by atoms with Crippen LogP contribution in [0.15, 0.2) is 78.9 Å². The molecule has 0 radical (unpaired) electrons. The SMILES string of the molecule is CC(O)(C/C=C/c1cccc2ccccc12)c1ccccc1. The van der Waals surface area contributed by atoms with E-state index in [1.165, 1.54) is 16.3 Å². The topological polar surface area (TPSA) is 20.2 Å². The average Bonchev–Trinajstić information content (AvgIpc) is 2.56. The summed E-state index contributed by atoms with van der Waals surface area (Å²) in [7, 11) is 0. The van der Waals surface area contributed by atoms with E-state index in [1.54, 1.807) is 0 Å². The third-order valence-corrected chi connectivity index (χ3v) is 4.03. The van der Waals surface area contributed by atoms with Crippen molar-refractivity contribution in [2.45, 2.75) is 18.9 Å². The Morgan fingerprint density at radius 3 is 2.36 bits per heavy atom. The number of aliphatic hydroxyl groups is 1. The Morgan fingerprint density at radius 1 is 0.864 bits per heavy atom. The van der Waals surface area contributed by atoms with Gasteiger partial charge in [0.2, 0.25) is 0 Å². The largest absolute Gasteiger partial charge is 0.385 e. The van der Waals surface area contributed by atoms with E-state index in [4.69, 9.17) is 0 Å². The van der Waals surface area contributed by atoms with Crippen LogP contribution >= 0.6 is 0 Å². The smallest absolute Gasteiger partial charge is 0.0902 e. The summed E-state index contributed by atoms with van der Waals surface area (Å²) >= 11 is 0. The monoisotopic (exact) mass is 288 g/mol. The summed E-state index contributed by atoms with van der Waals surface area (Å²) < 4.78 is 0. The van der Waals surface area contributed by atoms with Gasteiger partial charge in [-0.05, 0) is 35.2 Å². The van der Waals surface area contributed by atoms with Crippen molar-refractivity contribution in [3.8, 4) is 0 Å². The van der Waals surface area contributed by atoms with Crippen LogP contribution in [0.1, 0.15) is 24.5 Å². The lowest BCUT2D eigenvalue weighted by molar-refractivity contribution is 0.0607. The lowest BCUT2D eigenvalue weighted by Crippen LogP contribution is -2.19. The minimum Gasteiger partial charge on any atom is -0.385 e. The van der Waals surface area contributed by atoms with Gasteiger partial charge in [0.25, 0.3) is 0 Å². The van der Waals surface area contributed by atoms with Crippen LogP contribution in [0, 0.1) is 0 Å². The fourth-order valence-electron chi connectivity index (χ4n) is 2.73. The minimum absolute atomic E-state index is 0.584. The molecule has 0 aliphatic rings. The van der Waals surface area contributed by atoms with E-state index in [-0.39, 0.29) is 0 Å². The molecule has 0 heterocycles. The normalized spacial score (nSPS) is 14.3. The Labute approximate surface area is 131 Å². The summed E-state index contributed by atoms with van der Waals surface area (Å²) in [4.78, 5) is 0. The van der Waals surface area contributed by atoms with Crippen molar-refractivity contribution in [2.24, 2.45) is 0 Å². The highest BCUT2D eigenvalue weighted by atomic mass is 16.3. The molecule has 1 nitrogen and oxygen atoms in total. The molecular weight excluding hydrogens is 268 g/mol. The minimum atomic E-state index is -0.845. The molecule has 0 spiro atoms. The molecule has 0 aliphatic carbocycles. The maximum absolute atomic E-state index is 10.6. The molecule has 0 aliphatic heterocycles. The Balaban J connectivity index is 1.82. The van der Waals surface area contributed by atoms with Gasteiger partial charge >= 0.3 is 0 Å². The summed E-state index contributed by atoms with van der Waals surface area (Å²) in [5.41, 5.74) is 1.28. The standard InChI is InChI=1S/C21H20O/c1-21(22,19-13-3-2-4-14-19)16-8-12-18-11-7-10-17-9-5-6-15-20(17)18/h2-15,22H,16H2,1H3/b12-8+. The van der Waals surface area contributed by atoms with Crippen LogP contribution in [0.25, 0.3) is 16.8 Å². The highest BCUT2D eigenvalue weighted by Gasteiger charge is 2.20. The van der Waals surface area contributed by atoms with E-state index in [0.29, 0.717) is 6.42 Å². The molecule has 1 atom stereocenters.